The lowest BCUT2D eigenvalue weighted by Crippen LogP contribution is -2.40. The maximum Gasteiger partial charge on any atom is 0.333 e. The van der Waals surface area contributed by atoms with Gasteiger partial charge in [0, 0.05) is 12.8 Å². The molecule has 0 bridgehead atoms. The zero-order valence-corrected chi connectivity index (χ0v) is 22.8. The Bertz CT molecular complexity index is 1070. The van der Waals surface area contributed by atoms with Gasteiger partial charge < -0.3 is 29.2 Å². The molecule has 1 aromatic carbocycles. The monoisotopic (exact) mass is 542 g/mol. The molecule has 1 aliphatic carbocycles. The van der Waals surface area contributed by atoms with Crippen LogP contribution in [0.2, 0.25) is 0 Å². The van der Waals surface area contributed by atoms with E-state index in [2.05, 4.69) is 11.8 Å². The van der Waals surface area contributed by atoms with Crippen molar-refractivity contribution in [2.45, 2.75) is 83.1 Å². The Morgan fingerprint density at radius 3 is 2.49 bits per heavy atom. The minimum Gasteiger partial charge on any atom is -0.491 e. The van der Waals surface area contributed by atoms with Crippen molar-refractivity contribution in [3.05, 3.63) is 66.5 Å². The number of aliphatic carboxylic acids is 1. The number of aliphatic hydroxyl groups is 1. The fourth-order valence-corrected chi connectivity index (χ4v) is 4.50. The van der Waals surface area contributed by atoms with Gasteiger partial charge in [0.05, 0.1) is 6.61 Å². The number of hydrogen-bond donors (Lipinski definition) is 2. The topological polar surface area (TPSA) is 94.5 Å². The molecule has 7 nitrogen and oxygen atoms in total. The van der Waals surface area contributed by atoms with Gasteiger partial charge in [-0.25, -0.2) is 9.18 Å². The number of hydrogen-bond acceptors (Lipinski definition) is 6. The molecular formula is C31H39FO7. The number of carboxylic acid groups (broad SMARTS) is 1. The standard InChI is InChI=1S/C31H39FO7/c1-30(2,3)28(29(34)35)37-22-27-26(38-31(39-27)19-11-8-12-20-31)14-10-7-5-4-6-9-13-24(33)21-36-25-17-15-23(32)16-18-25/h5,7,9-10,13-18,24,26-28,33H,8,11-12,19-22H2,1-3H3,(H,34,35)/b7-5+,13-9+,14-10+/t24-,26+,27-,28?/m0/s1. The highest BCUT2D eigenvalue weighted by atomic mass is 19.1. The average Bonchev–Trinajstić information content (AvgIpc) is 3.20. The van der Waals surface area contributed by atoms with Crippen molar-refractivity contribution < 1.29 is 38.3 Å². The summed E-state index contributed by atoms with van der Waals surface area (Å²) >= 11 is 0. The van der Waals surface area contributed by atoms with Gasteiger partial charge in [0.25, 0.3) is 0 Å². The molecule has 0 amide bonds. The predicted octanol–water partition coefficient (Wildman–Crippen LogP) is 5.20. The first kappa shape index (κ1) is 30.6. The lowest BCUT2D eigenvalue weighted by atomic mass is 9.89. The molecule has 1 spiro atoms. The second kappa shape index (κ2) is 14.4. The molecule has 0 radical (unpaired) electrons. The second-order valence-corrected chi connectivity index (χ2v) is 10.9. The van der Waals surface area contributed by atoms with Crippen LogP contribution < -0.4 is 4.74 Å². The molecule has 8 heteroatoms. The lowest BCUT2D eigenvalue weighted by molar-refractivity contribution is -0.198. The fourth-order valence-electron chi connectivity index (χ4n) is 4.50. The van der Waals surface area contributed by atoms with E-state index < -0.39 is 35.5 Å². The zero-order chi connectivity index (χ0) is 28.3. The van der Waals surface area contributed by atoms with Gasteiger partial charge in [-0.15, -0.1) is 0 Å². The van der Waals surface area contributed by atoms with Gasteiger partial charge in [0.2, 0.25) is 0 Å². The largest absolute Gasteiger partial charge is 0.491 e. The molecule has 1 saturated heterocycles. The van der Waals surface area contributed by atoms with Crippen molar-refractivity contribution in [1.29, 1.82) is 0 Å². The number of benzene rings is 1. The van der Waals surface area contributed by atoms with Crippen molar-refractivity contribution >= 4 is 5.97 Å². The van der Waals surface area contributed by atoms with Crippen molar-refractivity contribution in [3.63, 3.8) is 0 Å². The predicted molar refractivity (Wildman–Crippen MR) is 145 cm³/mol. The first-order valence-electron chi connectivity index (χ1n) is 13.4. The summed E-state index contributed by atoms with van der Waals surface area (Å²) in [4.78, 5) is 11.7. The van der Waals surface area contributed by atoms with Crippen molar-refractivity contribution in [3.8, 4) is 17.6 Å². The average molecular weight is 543 g/mol. The Morgan fingerprint density at radius 2 is 1.82 bits per heavy atom. The van der Waals surface area contributed by atoms with Crippen LogP contribution in [-0.4, -0.2) is 59.6 Å². The molecule has 2 fully saturated rings. The summed E-state index contributed by atoms with van der Waals surface area (Å²) in [6.07, 6.45) is 12.4. The summed E-state index contributed by atoms with van der Waals surface area (Å²) < 4.78 is 36.8. The molecule has 1 aliphatic heterocycles. The third-order valence-corrected chi connectivity index (χ3v) is 6.45. The quantitative estimate of drug-likeness (QED) is 0.310. The number of ether oxygens (including phenoxy) is 4. The molecule has 0 aromatic heterocycles. The van der Waals surface area contributed by atoms with Gasteiger partial charge in [-0.1, -0.05) is 57.3 Å². The van der Waals surface area contributed by atoms with Crippen LogP contribution in [0.3, 0.4) is 0 Å². The smallest absolute Gasteiger partial charge is 0.333 e. The summed E-state index contributed by atoms with van der Waals surface area (Å²) in [5.74, 6) is 4.16. The highest BCUT2D eigenvalue weighted by Gasteiger charge is 2.47. The van der Waals surface area contributed by atoms with E-state index >= 15 is 0 Å². The van der Waals surface area contributed by atoms with Crippen LogP contribution in [0.1, 0.15) is 52.9 Å². The lowest BCUT2D eigenvalue weighted by Gasteiger charge is -2.32. The van der Waals surface area contributed by atoms with E-state index in [0.29, 0.717) is 5.75 Å². The third kappa shape index (κ3) is 9.94. The van der Waals surface area contributed by atoms with Crippen LogP contribution in [0.15, 0.2) is 60.7 Å². The maximum atomic E-state index is 12.9. The Morgan fingerprint density at radius 1 is 1.13 bits per heavy atom. The van der Waals surface area contributed by atoms with Crippen molar-refractivity contribution in [2.24, 2.45) is 5.41 Å². The van der Waals surface area contributed by atoms with Crippen LogP contribution in [0.5, 0.6) is 5.75 Å². The van der Waals surface area contributed by atoms with E-state index in [1.165, 1.54) is 36.4 Å². The molecule has 212 valence electrons. The van der Waals surface area contributed by atoms with Crippen molar-refractivity contribution in [2.75, 3.05) is 13.2 Å². The van der Waals surface area contributed by atoms with Gasteiger partial charge in [-0.3, -0.25) is 0 Å². The van der Waals surface area contributed by atoms with E-state index in [9.17, 15) is 19.4 Å². The molecule has 1 aromatic rings. The fraction of sp³-hybridized carbons (Fsp3) is 0.516. The Hall–Kier alpha value is -2.96. The van der Waals surface area contributed by atoms with Gasteiger partial charge in [0.15, 0.2) is 11.9 Å². The van der Waals surface area contributed by atoms with E-state index in [4.69, 9.17) is 18.9 Å². The highest BCUT2D eigenvalue weighted by Crippen LogP contribution is 2.41. The number of halogens is 1. The van der Waals surface area contributed by atoms with E-state index in [1.54, 1.807) is 12.2 Å². The molecule has 1 heterocycles. The second-order valence-electron chi connectivity index (χ2n) is 10.9. The van der Waals surface area contributed by atoms with Gasteiger partial charge in [0.1, 0.15) is 36.5 Å². The van der Waals surface area contributed by atoms with Crippen LogP contribution in [0.4, 0.5) is 4.39 Å². The van der Waals surface area contributed by atoms with Gasteiger partial charge in [-0.2, -0.15) is 0 Å². The van der Waals surface area contributed by atoms with Crippen LogP contribution in [0, 0.1) is 23.1 Å². The minimum absolute atomic E-state index is 0.0290. The van der Waals surface area contributed by atoms with E-state index in [0.717, 1.165) is 32.1 Å². The molecule has 1 saturated carbocycles. The molecule has 2 N–H and O–H groups in total. The third-order valence-electron chi connectivity index (χ3n) is 6.45. The van der Waals surface area contributed by atoms with E-state index in [1.807, 2.05) is 32.9 Å². The number of aliphatic hydroxyl groups excluding tert-OH is 1. The zero-order valence-electron chi connectivity index (χ0n) is 22.8. The summed E-state index contributed by atoms with van der Waals surface area (Å²) in [6, 6.07) is 5.57. The minimum atomic E-state index is -0.996. The maximum absolute atomic E-state index is 12.9. The normalized spacial score (nSPS) is 22.8. The number of carboxylic acids is 1. The molecule has 1 unspecified atom stereocenters. The molecular weight excluding hydrogens is 503 g/mol. The number of allylic oxidation sites excluding steroid dienone is 4. The molecule has 2 aliphatic rings. The first-order valence-corrected chi connectivity index (χ1v) is 13.4. The van der Waals surface area contributed by atoms with Gasteiger partial charge in [-0.05, 0) is 60.8 Å². The number of carbonyl (C=O) groups is 1. The Balaban J connectivity index is 1.51. The molecule has 4 atom stereocenters. The first-order chi connectivity index (χ1) is 18.6. The highest BCUT2D eigenvalue weighted by molar-refractivity contribution is 5.73. The number of rotatable bonds is 10. The summed E-state index contributed by atoms with van der Waals surface area (Å²) in [5, 5.41) is 19.6. The summed E-state index contributed by atoms with van der Waals surface area (Å²) in [7, 11) is 0. The summed E-state index contributed by atoms with van der Waals surface area (Å²) in [5.41, 5.74) is -0.555. The van der Waals surface area contributed by atoms with Crippen LogP contribution in [0.25, 0.3) is 0 Å². The van der Waals surface area contributed by atoms with Crippen LogP contribution in [-0.2, 0) is 19.0 Å². The van der Waals surface area contributed by atoms with Crippen molar-refractivity contribution in [1.82, 2.24) is 0 Å². The van der Waals surface area contributed by atoms with Gasteiger partial charge >= 0.3 is 5.97 Å². The Labute approximate surface area is 230 Å². The van der Waals surface area contributed by atoms with Crippen LogP contribution >= 0.6 is 0 Å². The van der Waals surface area contributed by atoms with E-state index in [-0.39, 0.29) is 25.1 Å². The molecule has 39 heavy (non-hydrogen) atoms. The summed E-state index contributed by atoms with van der Waals surface area (Å²) in [6.45, 7) is 5.65. The Kier molecular flexibility index (Phi) is 11.3. The molecule has 3 rings (SSSR count). The SMILES string of the molecule is CC(C)(C)C(OC[C@@H]1OC2(CCCCC2)O[C@@H]1/C=C/C=C/C#C/C=C/[C@H](O)COc1ccc(F)cc1)C(=O)O.